The van der Waals surface area contributed by atoms with E-state index in [-0.39, 0.29) is 5.41 Å². The molecule has 0 aromatic carbocycles. The van der Waals surface area contributed by atoms with E-state index in [0.29, 0.717) is 33.2 Å². The van der Waals surface area contributed by atoms with Crippen LogP contribution in [0.4, 0.5) is 0 Å². The lowest BCUT2D eigenvalue weighted by Crippen LogP contribution is -2.63. The zero-order valence-corrected chi connectivity index (χ0v) is 22.9. The lowest BCUT2D eigenvalue weighted by Gasteiger charge is -2.71. The molecular weight excluding hydrogens is 388 g/mol. The molecule has 32 heavy (non-hydrogen) atoms. The maximum absolute atomic E-state index is 6.03. The molecule has 0 spiro atoms. The van der Waals surface area contributed by atoms with Crippen LogP contribution in [0.15, 0.2) is 11.6 Å². The lowest BCUT2D eigenvalue weighted by atomic mass is 9.34. The van der Waals surface area contributed by atoms with E-state index < -0.39 is 0 Å². The number of ether oxygens (including phenoxy) is 1. The lowest BCUT2D eigenvalue weighted by molar-refractivity contribution is -0.187. The van der Waals surface area contributed by atoms with Crippen molar-refractivity contribution in [3.8, 4) is 0 Å². The molecule has 5 rings (SSSR count). The normalized spacial score (nSPS) is 53.8. The Balaban J connectivity index is 1.56. The summed E-state index contributed by atoms with van der Waals surface area (Å²) in [6, 6.07) is 0. The molecule has 0 bridgehead atoms. The Bertz CT molecular complexity index is 805. The van der Waals surface area contributed by atoms with Crippen LogP contribution in [0.3, 0.4) is 0 Å². The molecule has 0 saturated heterocycles. The second-order valence-electron chi connectivity index (χ2n) is 15.5. The van der Waals surface area contributed by atoms with Crippen molar-refractivity contribution in [2.24, 2.45) is 50.2 Å². The third kappa shape index (κ3) is 2.85. The highest BCUT2D eigenvalue weighted by Crippen LogP contribution is 2.75. The number of fused-ring (bicyclic) bond motifs is 7. The minimum atomic E-state index is 0.272. The van der Waals surface area contributed by atoms with Crippen molar-refractivity contribution < 1.29 is 4.74 Å². The Morgan fingerprint density at radius 3 is 2.12 bits per heavy atom. The van der Waals surface area contributed by atoms with Crippen molar-refractivity contribution in [3.05, 3.63) is 11.6 Å². The Morgan fingerprint density at radius 2 is 1.44 bits per heavy atom. The van der Waals surface area contributed by atoms with Gasteiger partial charge in [0, 0.05) is 7.11 Å². The van der Waals surface area contributed by atoms with Crippen molar-refractivity contribution >= 4 is 0 Å². The Labute approximate surface area is 199 Å². The predicted molar refractivity (Wildman–Crippen MR) is 136 cm³/mol. The average molecular weight is 441 g/mol. The maximum atomic E-state index is 6.03. The first kappa shape index (κ1) is 23.4. The number of hydrogen-bond acceptors (Lipinski definition) is 1. The number of allylic oxidation sites excluding steroid dienone is 2. The van der Waals surface area contributed by atoms with Crippen molar-refractivity contribution in [1.82, 2.24) is 0 Å². The predicted octanol–water partition coefficient (Wildman–Crippen LogP) is 8.82. The first-order valence-electron chi connectivity index (χ1n) is 14.0. The molecule has 4 fully saturated rings. The third-order valence-electron chi connectivity index (χ3n) is 13.3. The zero-order valence-electron chi connectivity index (χ0n) is 22.9. The van der Waals surface area contributed by atoms with E-state index in [0.717, 1.165) is 17.8 Å². The summed E-state index contributed by atoms with van der Waals surface area (Å²) in [5.74, 6) is 2.43. The molecule has 1 nitrogen and oxygen atoms in total. The molecule has 0 amide bonds. The highest BCUT2D eigenvalue weighted by Gasteiger charge is 2.67. The highest BCUT2D eigenvalue weighted by atomic mass is 16.5. The summed E-state index contributed by atoms with van der Waals surface area (Å²) in [6.45, 7) is 20.9. The molecule has 4 saturated carbocycles. The van der Waals surface area contributed by atoms with Crippen LogP contribution in [0.5, 0.6) is 0 Å². The molecule has 0 aromatic rings. The van der Waals surface area contributed by atoms with Crippen molar-refractivity contribution in [3.63, 3.8) is 0 Å². The van der Waals surface area contributed by atoms with Crippen molar-refractivity contribution in [2.75, 3.05) is 7.11 Å². The van der Waals surface area contributed by atoms with Gasteiger partial charge in [-0.2, -0.15) is 0 Å². The summed E-state index contributed by atoms with van der Waals surface area (Å²) in [5, 5.41) is 0. The molecule has 0 heterocycles. The third-order valence-corrected chi connectivity index (χ3v) is 13.3. The monoisotopic (exact) mass is 440 g/mol. The smallest absolute Gasteiger partial charge is 0.0625 e. The first-order chi connectivity index (χ1) is 14.7. The second-order valence-corrected chi connectivity index (χ2v) is 15.5. The quantitative estimate of drug-likeness (QED) is 0.370. The number of methoxy groups -OCH3 is 1. The largest absolute Gasteiger partial charge is 0.381 e. The summed E-state index contributed by atoms with van der Waals surface area (Å²) < 4.78 is 6.03. The number of hydrogen-bond donors (Lipinski definition) is 0. The van der Waals surface area contributed by atoms with Crippen LogP contribution in [-0.2, 0) is 4.74 Å². The molecule has 0 radical (unpaired) electrons. The van der Waals surface area contributed by atoms with E-state index in [1.807, 2.05) is 12.7 Å². The topological polar surface area (TPSA) is 9.23 Å². The Hall–Kier alpha value is -0.300. The van der Waals surface area contributed by atoms with E-state index >= 15 is 0 Å². The van der Waals surface area contributed by atoms with Crippen LogP contribution in [0.2, 0.25) is 0 Å². The van der Waals surface area contributed by atoms with Gasteiger partial charge in [-0.25, -0.2) is 0 Å². The fourth-order valence-electron chi connectivity index (χ4n) is 10.9. The molecule has 0 aliphatic heterocycles. The van der Waals surface area contributed by atoms with Crippen molar-refractivity contribution in [1.29, 1.82) is 0 Å². The summed E-state index contributed by atoms with van der Waals surface area (Å²) in [6.07, 6.45) is 17.1. The molecule has 8 atom stereocenters. The van der Waals surface area contributed by atoms with Gasteiger partial charge in [-0.3, -0.25) is 0 Å². The van der Waals surface area contributed by atoms with E-state index in [9.17, 15) is 0 Å². The molecule has 5 aliphatic carbocycles. The van der Waals surface area contributed by atoms with Crippen LogP contribution >= 0.6 is 0 Å². The fourth-order valence-corrected chi connectivity index (χ4v) is 10.9. The molecule has 1 heteroatoms. The Morgan fingerprint density at radius 1 is 0.750 bits per heavy atom. The SMILES string of the molecule is CO[C@@H]1CC[C@]2(C)C3=CC[C@@]4(C)[C@@H]5CC(C)(C)CC[C@]5(C)CC[C@]4(C)[C@H]3CC[C@H]2C1(C)C. The molecule has 182 valence electrons. The molecule has 0 aromatic heterocycles. The standard InChI is InChI=1S/C31H52O/c1-26(2)16-17-28(5)18-19-30(7)22-10-11-23-27(3,4)25(32-9)13-14-29(23,6)21(22)12-15-31(30,8)24(28)20-26/h12,22-25H,10-11,13-20H2,1-9H3/t22-,23-,24+,25+,28+,29+,30+,31-/m0/s1. The summed E-state index contributed by atoms with van der Waals surface area (Å²) in [5.41, 5.74) is 4.52. The van der Waals surface area contributed by atoms with Gasteiger partial charge >= 0.3 is 0 Å². The minimum absolute atomic E-state index is 0.272. The maximum Gasteiger partial charge on any atom is 0.0625 e. The van der Waals surface area contributed by atoms with Gasteiger partial charge in [0.1, 0.15) is 0 Å². The average Bonchev–Trinajstić information content (AvgIpc) is 2.71. The van der Waals surface area contributed by atoms with Gasteiger partial charge in [-0.15, -0.1) is 0 Å². The Kier molecular flexibility index (Phi) is 5.05. The van der Waals surface area contributed by atoms with Gasteiger partial charge in [0.15, 0.2) is 0 Å². The number of rotatable bonds is 1. The first-order valence-corrected chi connectivity index (χ1v) is 14.0. The minimum Gasteiger partial charge on any atom is -0.381 e. The zero-order chi connectivity index (χ0) is 23.4. The van der Waals surface area contributed by atoms with E-state index in [4.69, 9.17) is 4.74 Å². The van der Waals surface area contributed by atoms with Crippen LogP contribution in [0.25, 0.3) is 0 Å². The van der Waals surface area contributed by atoms with Crippen LogP contribution < -0.4 is 0 Å². The van der Waals surface area contributed by atoms with E-state index in [1.165, 1.54) is 64.2 Å². The molecule has 0 N–H and O–H groups in total. The summed E-state index contributed by atoms with van der Waals surface area (Å²) in [7, 11) is 1.94. The van der Waals surface area contributed by atoms with Gasteiger partial charge in [0.05, 0.1) is 6.10 Å². The van der Waals surface area contributed by atoms with Crippen molar-refractivity contribution in [2.45, 2.75) is 126 Å². The molecular formula is C31H52O. The van der Waals surface area contributed by atoms with Gasteiger partial charge in [-0.05, 0) is 114 Å². The van der Waals surface area contributed by atoms with Crippen LogP contribution in [0, 0.1) is 50.2 Å². The summed E-state index contributed by atoms with van der Waals surface area (Å²) >= 11 is 0. The fraction of sp³-hybridized carbons (Fsp3) is 0.935. The van der Waals surface area contributed by atoms with Gasteiger partial charge in [0.25, 0.3) is 0 Å². The van der Waals surface area contributed by atoms with E-state index in [1.54, 1.807) is 0 Å². The highest BCUT2D eigenvalue weighted by molar-refractivity contribution is 5.33. The van der Waals surface area contributed by atoms with Gasteiger partial charge in [-0.1, -0.05) is 67.0 Å². The second kappa shape index (κ2) is 6.89. The van der Waals surface area contributed by atoms with E-state index in [2.05, 4.69) is 61.5 Å². The van der Waals surface area contributed by atoms with Gasteiger partial charge < -0.3 is 4.74 Å². The van der Waals surface area contributed by atoms with Gasteiger partial charge in [0.2, 0.25) is 0 Å². The molecule has 5 aliphatic rings. The van der Waals surface area contributed by atoms with Crippen LogP contribution in [-0.4, -0.2) is 13.2 Å². The summed E-state index contributed by atoms with van der Waals surface area (Å²) in [4.78, 5) is 0. The van der Waals surface area contributed by atoms with Crippen LogP contribution in [0.1, 0.15) is 120 Å². The molecule has 0 unspecified atom stereocenters.